The number of nitrogens with zero attached hydrogens (tertiary/aromatic N) is 3. The van der Waals surface area contributed by atoms with Crippen LogP contribution in [0.2, 0.25) is 10.0 Å². The van der Waals surface area contributed by atoms with Crippen LogP contribution in [0.4, 0.5) is 0 Å². The summed E-state index contributed by atoms with van der Waals surface area (Å²) in [6, 6.07) is 5.16. The smallest absolute Gasteiger partial charge is 0.137 e. The zero-order chi connectivity index (χ0) is 14.6. The normalized spacial score (nSPS) is 13.5. The molecule has 2 aromatic rings. The molecule has 0 amide bonds. The van der Waals surface area contributed by atoms with Crippen molar-refractivity contribution in [2.45, 2.75) is 38.3 Å². The van der Waals surface area contributed by atoms with Crippen LogP contribution in [0.3, 0.4) is 0 Å². The van der Waals surface area contributed by atoms with Crippen molar-refractivity contribution in [3.63, 3.8) is 0 Å². The van der Waals surface area contributed by atoms with Gasteiger partial charge in [0.25, 0.3) is 0 Å². The topological polar surface area (TPSA) is 50.9 Å². The molecule has 4 nitrogen and oxygen atoms in total. The molecule has 0 saturated carbocycles. The predicted octanol–water partition coefficient (Wildman–Crippen LogP) is 3.66. The molecule has 1 atom stereocenters. The minimum atomic E-state index is -1.08. The molecular weight excluding hydrogens is 361 g/mol. The molecule has 0 aliphatic carbocycles. The number of hydrogen-bond acceptors (Lipinski definition) is 3. The molecule has 2 rings (SSSR count). The maximum absolute atomic E-state index is 11.0. The van der Waals surface area contributed by atoms with Gasteiger partial charge in [-0.1, -0.05) is 49.0 Å². The fourth-order valence-electron chi connectivity index (χ4n) is 2.22. The fraction of sp³-hybridized carbons (Fsp3) is 0.429. The van der Waals surface area contributed by atoms with Gasteiger partial charge in [-0.2, -0.15) is 5.10 Å². The van der Waals surface area contributed by atoms with Crippen LogP contribution in [-0.2, 0) is 29.2 Å². The second-order valence-corrected chi connectivity index (χ2v) is 5.70. The van der Waals surface area contributed by atoms with Crippen LogP contribution < -0.4 is 0 Å². The SMILES string of the molecule is CCCCC(O)(Cn1cncn1)c1ccc(Cl)cc1Cl.[Cu]. The summed E-state index contributed by atoms with van der Waals surface area (Å²) in [6.45, 7) is 2.40. The molecule has 0 bridgehead atoms. The molecule has 0 aliphatic rings. The molecule has 0 aliphatic heterocycles. The van der Waals surface area contributed by atoms with E-state index < -0.39 is 5.60 Å². The van der Waals surface area contributed by atoms with Crippen LogP contribution >= 0.6 is 23.2 Å². The van der Waals surface area contributed by atoms with Gasteiger partial charge in [0.1, 0.15) is 18.3 Å². The predicted molar refractivity (Wildman–Crippen MR) is 79.9 cm³/mol. The average Bonchev–Trinajstić information content (AvgIpc) is 2.88. The first kappa shape index (κ1) is 18.5. The minimum Gasteiger partial charge on any atom is -0.383 e. The quantitative estimate of drug-likeness (QED) is 0.782. The molecule has 7 heteroatoms. The molecule has 119 valence electrons. The number of aliphatic hydroxyl groups is 1. The number of rotatable bonds is 6. The average molecular weight is 378 g/mol. The van der Waals surface area contributed by atoms with Crippen molar-refractivity contribution in [2.24, 2.45) is 0 Å². The van der Waals surface area contributed by atoms with Crippen LogP contribution in [-0.4, -0.2) is 19.9 Å². The van der Waals surface area contributed by atoms with Crippen molar-refractivity contribution >= 4 is 23.2 Å². The van der Waals surface area contributed by atoms with Gasteiger partial charge in [-0.05, 0) is 18.6 Å². The maximum Gasteiger partial charge on any atom is 0.137 e. The molecule has 1 aromatic heterocycles. The van der Waals surface area contributed by atoms with Gasteiger partial charge < -0.3 is 5.11 Å². The van der Waals surface area contributed by atoms with Gasteiger partial charge in [0, 0.05) is 32.7 Å². The van der Waals surface area contributed by atoms with Crippen molar-refractivity contribution in [2.75, 3.05) is 0 Å². The third-order valence-electron chi connectivity index (χ3n) is 3.27. The van der Waals surface area contributed by atoms with E-state index in [0.29, 0.717) is 28.6 Å². The Kier molecular flexibility index (Phi) is 7.17. The molecule has 21 heavy (non-hydrogen) atoms. The van der Waals surface area contributed by atoms with Gasteiger partial charge in [-0.3, -0.25) is 0 Å². The van der Waals surface area contributed by atoms with E-state index in [1.165, 1.54) is 6.33 Å². The fourth-order valence-corrected chi connectivity index (χ4v) is 2.80. The minimum absolute atomic E-state index is 0. The number of unbranched alkanes of at least 4 members (excludes halogenated alkanes) is 1. The Balaban J connectivity index is 0.00000220. The summed E-state index contributed by atoms with van der Waals surface area (Å²) in [5, 5.41) is 16.1. The molecule has 1 aromatic carbocycles. The summed E-state index contributed by atoms with van der Waals surface area (Å²) in [5.41, 5.74) is -0.404. The molecule has 1 unspecified atom stereocenters. The first-order chi connectivity index (χ1) is 9.55. The van der Waals surface area contributed by atoms with Crippen LogP contribution in [0.25, 0.3) is 0 Å². The van der Waals surface area contributed by atoms with E-state index in [9.17, 15) is 5.11 Å². The molecule has 0 fully saturated rings. The van der Waals surface area contributed by atoms with E-state index in [4.69, 9.17) is 23.2 Å². The first-order valence-electron chi connectivity index (χ1n) is 6.55. The standard InChI is InChI=1S/C14H17Cl2N3O.Cu/c1-2-3-6-14(20,8-19-10-17-9-18-19)12-5-4-11(15)7-13(12)16;/h4-5,7,9-10,20H,2-3,6,8H2,1H3;. The number of halogens is 2. The first-order valence-corrected chi connectivity index (χ1v) is 7.31. The van der Waals surface area contributed by atoms with E-state index in [1.54, 1.807) is 29.2 Å². The molecule has 0 saturated heterocycles. The molecule has 1 N–H and O–H groups in total. The molecule has 1 radical (unpaired) electrons. The van der Waals surface area contributed by atoms with Gasteiger partial charge in [-0.25, -0.2) is 9.67 Å². The number of benzene rings is 1. The molecule has 1 heterocycles. The summed E-state index contributed by atoms with van der Waals surface area (Å²) in [6.07, 6.45) is 5.52. The Labute approximate surface area is 145 Å². The second-order valence-electron chi connectivity index (χ2n) is 4.85. The Bertz CT molecular complexity index is 565. The van der Waals surface area contributed by atoms with Gasteiger partial charge in [0.15, 0.2) is 0 Å². The number of aromatic nitrogens is 3. The van der Waals surface area contributed by atoms with E-state index >= 15 is 0 Å². The summed E-state index contributed by atoms with van der Waals surface area (Å²) in [4.78, 5) is 3.90. The maximum atomic E-state index is 11.0. The monoisotopic (exact) mass is 376 g/mol. The molecule has 0 spiro atoms. The Hall–Kier alpha value is -0.581. The van der Waals surface area contributed by atoms with E-state index in [-0.39, 0.29) is 17.1 Å². The summed E-state index contributed by atoms with van der Waals surface area (Å²) < 4.78 is 1.61. The van der Waals surface area contributed by atoms with Gasteiger partial charge in [0.2, 0.25) is 0 Å². The van der Waals surface area contributed by atoms with Crippen LogP contribution in [0.5, 0.6) is 0 Å². The van der Waals surface area contributed by atoms with Crippen molar-refractivity contribution in [1.29, 1.82) is 0 Å². The third-order valence-corrected chi connectivity index (χ3v) is 3.81. The van der Waals surface area contributed by atoms with Crippen LogP contribution in [0, 0.1) is 0 Å². The Morgan fingerprint density at radius 2 is 2.10 bits per heavy atom. The Morgan fingerprint density at radius 1 is 1.33 bits per heavy atom. The summed E-state index contributed by atoms with van der Waals surface area (Å²) >= 11 is 12.2. The van der Waals surface area contributed by atoms with E-state index in [2.05, 4.69) is 17.0 Å². The van der Waals surface area contributed by atoms with Crippen LogP contribution in [0.1, 0.15) is 31.7 Å². The van der Waals surface area contributed by atoms with Gasteiger partial charge in [0.05, 0.1) is 6.54 Å². The largest absolute Gasteiger partial charge is 0.383 e. The van der Waals surface area contributed by atoms with Gasteiger partial charge in [-0.15, -0.1) is 0 Å². The third kappa shape index (κ3) is 4.70. The van der Waals surface area contributed by atoms with Crippen molar-refractivity contribution in [1.82, 2.24) is 14.8 Å². The Morgan fingerprint density at radius 3 is 2.67 bits per heavy atom. The van der Waals surface area contributed by atoms with E-state index in [0.717, 1.165) is 12.8 Å². The van der Waals surface area contributed by atoms with E-state index in [1.807, 2.05) is 0 Å². The summed E-state index contributed by atoms with van der Waals surface area (Å²) in [7, 11) is 0. The van der Waals surface area contributed by atoms with Crippen molar-refractivity contribution in [3.05, 3.63) is 46.5 Å². The number of hydrogen-bond donors (Lipinski definition) is 1. The zero-order valence-corrected chi connectivity index (χ0v) is 14.0. The van der Waals surface area contributed by atoms with Crippen molar-refractivity contribution < 1.29 is 22.2 Å². The van der Waals surface area contributed by atoms with Crippen LogP contribution in [0.15, 0.2) is 30.9 Å². The van der Waals surface area contributed by atoms with Crippen molar-refractivity contribution in [3.8, 4) is 0 Å². The van der Waals surface area contributed by atoms with Gasteiger partial charge >= 0.3 is 0 Å². The second kappa shape index (κ2) is 8.16. The molecular formula is C14H17Cl2CuN3O. The summed E-state index contributed by atoms with van der Waals surface area (Å²) in [5.74, 6) is 0. The zero-order valence-electron chi connectivity index (χ0n) is 11.6.